The van der Waals surface area contributed by atoms with Crippen LogP contribution in [-0.4, -0.2) is 15.8 Å². The molecule has 1 aromatic carbocycles. The normalized spacial score (nSPS) is 11.3. The molecule has 0 saturated carbocycles. The van der Waals surface area contributed by atoms with Gasteiger partial charge in [0, 0.05) is 41.0 Å². The monoisotopic (exact) mass is 667 g/mol. The van der Waals surface area contributed by atoms with Crippen molar-refractivity contribution < 1.29 is 13.6 Å². The minimum atomic E-state index is -0.494. The van der Waals surface area contributed by atoms with Gasteiger partial charge in [0.1, 0.15) is 11.3 Å². The summed E-state index contributed by atoms with van der Waals surface area (Å²) in [6, 6.07) is 12.2. The second kappa shape index (κ2) is 19.0. The molecule has 4 rings (SSSR count). The molecule has 0 bridgehead atoms. The van der Waals surface area contributed by atoms with Gasteiger partial charge in [0.15, 0.2) is 11.3 Å². The summed E-state index contributed by atoms with van der Waals surface area (Å²) in [5, 5.41) is 0.0685. The van der Waals surface area contributed by atoms with E-state index in [1.165, 1.54) is 37.8 Å². The van der Waals surface area contributed by atoms with E-state index < -0.39 is 5.82 Å². The summed E-state index contributed by atoms with van der Waals surface area (Å²) < 4.78 is 19.8. The molecule has 5 nitrogen and oxygen atoms in total. The molecule has 0 unspecified atom stereocenters. The van der Waals surface area contributed by atoms with Gasteiger partial charge in [-0.25, -0.2) is 9.37 Å². The first-order valence-electron chi connectivity index (χ1n) is 16.9. The third-order valence-corrected chi connectivity index (χ3v) is 7.63. The van der Waals surface area contributed by atoms with E-state index in [0.29, 0.717) is 40.1 Å². The first kappa shape index (κ1) is 41.9. The van der Waals surface area contributed by atoms with Crippen LogP contribution in [0.2, 0.25) is 5.02 Å². The van der Waals surface area contributed by atoms with E-state index in [2.05, 4.69) is 72.3 Å². The summed E-state index contributed by atoms with van der Waals surface area (Å²) >= 11 is 5.79. The van der Waals surface area contributed by atoms with Gasteiger partial charge in [0.2, 0.25) is 5.78 Å². The molecule has 0 atom stereocenters. The Balaban J connectivity index is 0.000000428. The Hall–Kier alpha value is -3.09. The smallest absolute Gasteiger partial charge is 0.200 e. The van der Waals surface area contributed by atoms with Crippen molar-refractivity contribution in [3.63, 3.8) is 0 Å². The lowest BCUT2D eigenvalue weighted by atomic mass is 9.86. The van der Waals surface area contributed by atoms with E-state index in [9.17, 15) is 9.18 Å². The molecule has 7 heteroatoms. The van der Waals surface area contributed by atoms with Crippen molar-refractivity contribution in [2.75, 3.05) is 0 Å². The Kier molecular flexibility index (Phi) is 17.0. The highest BCUT2D eigenvalue weighted by molar-refractivity contribution is 6.30. The Morgan fingerprint density at radius 2 is 1.53 bits per heavy atom. The number of ketones is 1. The number of fused-ring (bicyclic) bond motifs is 1. The fourth-order valence-electron chi connectivity index (χ4n) is 4.47. The topological polar surface area (TPSA) is 82.0 Å². The summed E-state index contributed by atoms with van der Waals surface area (Å²) in [7, 11) is 0. The van der Waals surface area contributed by atoms with Crippen molar-refractivity contribution in [3.05, 3.63) is 81.6 Å². The number of halogens is 2. The highest BCUT2D eigenvalue weighted by Crippen LogP contribution is 2.35. The number of benzene rings is 1. The average molecular weight is 668 g/mol. The van der Waals surface area contributed by atoms with Crippen molar-refractivity contribution in [3.8, 4) is 11.3 Å². The molecule has 260 valence electrons. The standard InChI is InChI=1S/C21H21ClFNO2.C8H12N2.C7H16.C4H10/c1-11(2)19(25)18-10-17-20(26-18)13(21(3,4)5)9-16(24-17)12-6-7-14(22)15(23)8-12;1-6-3-4-8(5-9)7(2)10-6;1-5-6-7(2,3)4;1-3-4-2/h6-11H,1-5H3;3-4H,5,9H2,1-2H3;5-6H2,1-4H3;3-4H2,1-2H3. The highest BCUT2D eigenvalue weighted by atomic mass is 35.5. The van der Waals surface area contributed by atoms with Crippen molar-refractivity contribution in [2.45, 2.75) is 128 Å². The van der Waals surface area contributed by atoms with Crippen LogP contribution in [0.5, 0.6) is 0 Å². The van der Waals surface area contributed by atoms with E-state index in [1.54, 1.807) is 12.1 Å². The van der Waals surface area contributed by atoms with Gasteiger partial charge < -0.3 is 10.2 Å². The summed E-state index contributed by atoms with van der Waals surface area (Å²) in [5.41, 5.74) is 12.3. The number of carbonyl (C=O) groups excluding carboxylic acids is 1. The molecule has 0 aliphatic rings. The van der Waals surface area contributed by atoms with Crippen LogP contribution >= 0.6 is 11.6 Å². The predicted octanol–water partition coefficient (Wildman–Crippen LogP) is 12.2. The average Bonchev–Trinajstić information content (AvgIpc) is 3.41. The SMILES string of the molecule is CC(C)C(=O)c1cc2nc(-c3ccc(Cl)c(F)c3)cc(C(C)(C)C)c2o1.CCCC.CCCC(C)(C)C.Cc1ccc(CN)c(C)n1. The number of nitrogens with zero attached hydrogens (tertiary/aromatic N) is 2. The van der Waals surface area contributed by atoms with Gasteiger partial charge in [-0.15, -0.1) is 0 Å². The van der Waals surface area contributed by atoms with E-state index in [0.717, 1.165) is 22.5 Å². The third-order valence-electron chi connectivity index (χ3n) is 7.32. The van der Waals surface area contributed by atoms with Gasteiger partial charge in [-0.05, 0) is 60.9 Å². The molecule has 0 aliphatic carbocycles. The minimum absolute atomic E-state index is 0.0676. The van der Waals surface area contributed by atoms with Gasteiger partial charge in [0.25, 0.3) is 0 Å². The maximum absolute atomic E-state index is 13.9. The number of unbranched alkanes of at least 4 members (excludes halogenated alkanes) is 1. The molecular weight excluding hydrogens is 609 g/mol. The number of furan rings is 1. The molecule has 0 fully saturated rings. The molecule has 0 spiro atoms. The lowest BCUT2D eigenvalue weighted by molar-refractivity contribution is 0.0913. The van der Waals surface area contributed by atoms with Crippen LogP contribution in [0.3, 0.4) is 0 Å². The zero-order valence-electron chi connectivity index (χ0n) is 31.2. The lowest BCUT2D eigenvalue weighted by Crippen LogP contribution is -2.12. The number of pyridine rings is 2. The highest BCUT2D eigenvalue weighted by Gasteiger charge is 2.25. The van der Waals surface area contributed by atoms with Gasteiger partial charge in [0.05, 0.1) is 10.7 Å². The number of aromatic nitrogens is 2. The Labute approximate surface area is 288 Å². The molecule has 0 saturated heterocycles. The summed E-state index contributed by atoms with van der Waals surface area (Å²) in [6.45, 7) is 27.8. The Bertz CT molecular complexity index is 1560. The van der Waals surface area contributed by atoms with Crippen LogP contribution in [0.4, 0.5) is 4.39 Å². The zero-order chi connectivity index (χ0) is 36.1. The molecule has 3 aromatic heterocycles. The van der Waals surface area contributed by atoms with Gasteiger partial charge >= 0.3 is 0 Å². The van der Waals surface area contributed by atoms with E-state index in [-0.39, 0.29) is 22.1 Å². The Morgan fingerprint density at radius 1 is 0.915 bits per heavy atom. The van der Waals surface area contributed by atoms with Gasteiger partial charge in [-0.2, -0.15) is 0 Å². The predicted molar refractivity (Wildman–Crippen MR) is 199 cm³/mol. The fraction of sp³-hybridized carbons (Fsp3) is 0.525. The second-order valence-corrected chi connectivity index (χ2v) is 14.9. The third kappa shape index (κ3) is 13.9. The zero-order valence-corrected chi connectivity index (χ0v) is 32.0. The van der Waals surface area contributed by atoms with Crippen LogP contribution in [0.25, 0.3) is 22.4 Å². The summed E-state index contributed by atoms with van der Waals surface area (Å²) in [5.74, 6) is -0.431. The van der Waals surface area contributed by atoms with Crippen LogP contribution < -0.4 is 5.73 Å². The van der Waals surface area contributed by atoms with Gasteiger partial charge in [-0.3, -0.25) is 9.78 Å². The first-order chi connectivity index (χ1) is 21.8. The minimum Gasteiger partial charge on any atom is -0.451 e. The lowest BCUT2D eigenvalue weighted by Gasteiger charge is -2.20. The summed E-state index contributed by atoms with van der Waals surface area (Å²) in [4.78, 5) is 21.2. The fourth-order valence-corrected chi connectivity index (χ4v) is 4.59. The molecule has 4 aromatic rings. The first-order valence-corrected chi connectivity index (χ1v) is 17.2. The van der Waals surface area contributed by atoms with Gasteiger partial charge in [-0.1, -0.05) is 119 Å². The Morgan fingerprint density at radius 3 is 1.96 bits per heavy atom. The van der Waals surface area contributed by atoms with Crippen molar-refractivity contribution in [1.82, 2.24) is 9.97 Å². The quantitative estimate of drug-likeness (QED) is 0.207. The number of hydrogen-bond acceptors (Lipinski definition) is 5. The van der Waals surface area contributed by atoms with Crippen LogP contribution in [0.15, 0.2) is 46.9 Å². The molecule has 2 N–H and O–H groups in total. The number of carbonyl (C=O) groups is 1. The van der Waals surface area contributed by atoms with Crippen molar-refractivity contribution >= 4 is 28.5 Å². The van der Waals surface area contributed by atoms with Crippen LogP contribution in [0.1, 0.15) is 135 Å². The molecule has 0 aliphatic heterocycles. The van der Waals surface area contributed by atoms with E-state index >= 15 is 0 Å². The number of hydrogen-bond donors (Lipinski definition) is 1. The molecule has 0 amide bonds. The number of Topliss-reactive ketones (excluding diaryl/α,β-unsaturated/α-hetero) is 1. The van der Waals surface area contributed by atoms with Crippen LogP contribution in [-0.2, 0) is 12.0 Å². The maximum Gasteiger partial charge on any atom is 0.200 e. The number of aryl methyl sites for hydroxylation is 2. The second-order valence-electron chi connectivity index (χ2n) is 14.5. The van der Waals surface area contributed by atoms with E-state index in [4.69, 9.17) is 21.8 Å². The maximum atomic E-state index is 13.9. The van der Waals surface area contributed by atoms with Crippen molar-refractivity contribution in [2.24, 2.45) is 17.1 Å². The molecule has 47 heavy (non-hydrogen) atoms. The van der Waals surface area contributed by atoms with E-state index in [1.807, 2.05) is 45.9 Å². The molecular formula is C40H59ClFN3O2. The largest absolute Gasteiger partial charge is 0.451 e. The van der Waals surface area contributed by atoms with Crippen molar-refractivity contribution in [1.29, 1.82) is 0 Å². The molecule has 3 heterocycles. The summed E-state index contributed by atoms with van der Waals surface area (Å²) in [6.07, 6.45) is 5.29. The number of nitrogens with two attached hydrogens (primary N) is 1. The van der Waals surface area contributed by atoms with Crippen LogP contribution in [0, 0.1) is 31.0 Å². The number of rotatable bonds is 6. The molecule has 0 radical (unpaired) electrons.